The summed E-state index contributed by atoms with van der Waals surface area (Å²) in [4.78, 5) is 63.6. The summed E-state index contributed by atoms with van der Waals surface area (Å²) in [5.41, 5.74) is 4.25. The minimum atomic E-state index is -0.483. The van der Waals surface area contributed by atoms with Crippen LogP contribution in [0.1, 0.15) is 99.8 Å². The molecule has 0 aromatic heterocycles. The Morgan fingerprint density at radius 3 is 0.803 bits per heavy atom. The third kappa shape index (κ3) is 8.09. The number of aryl methyl sites for hydroxylation is 4. The number of carbonyl (C=O) groups excluding carboxylic acids is 4. The van der Waals surface area contributed by atoms with E-state index in [1.165, 1.54) is 0 Å². The summed E-state index contributed by atoms with van der Waals surface area (Å²) in [6.45, 7) is 11.5. The number of benzene rings is 10. The zero-order chi connectivity index (χ0) is 49.5. The van der Waals surface area contributed by atoms with Crippen molar-refractivity contribution in [3.05, 3.63) is 237 Å². The van der Waals surface area contributed by atoms with Crippen molar-refractivity contribution in [3.63, 3.8) is 0 Å². The summed E-state index contributed by atoms with van der Waals surface area (Å²) < 4.78 is 19.7. The molecule has 10 aromatic rings. The Balaban J connectivity index is 1.30. The van der Waals surface area contributed by atoms with Crippen molar-refractivity contribution in [2.45, 2.75) is 41.5 Å². The molecule has 0 bridgehead atoms. The standard InChI is InChI=1S/C64H50O7/c1-7-69-49-33-35-51(59(63(67)55-39(5)27-31-43-19-11-15-23-47(43)55)57(49)61(65)53-37(3)25-29-41-17-9-13-21-45(41)53)71-52-36-34-50(70-8-2)58(62(66)54-38(4)26-30-42-18-10-14-22-46(42)54)60(52)64(68)56-40(6)28-32-44-20-12-16-24-48(44)56/h9-36H,7-8H2,1-6H3. The smallest absolute Gasteiger partial charge is 0.198 e. The van der Waals surface area contributed by atoms with Crippen molar-refractivity contribution in [2.24, 2.45) is 0 Å². The summed E-state index contributed by atoms with van der Waals surface area (Å²) in [6.07, 6.45) is 0. The molecule has 0 saturated carbocycles. The van der Waals surface area contributed by atoms with E-state index in [2.05, 4.69) is 0 Å². The summed E-state index contributed by atoms with van der Waals surface area (Å²) >= 11 is 0. The number of carbonyl (C=O) groups is 4. The predicted octanol–water partition coefficient (Wildman–Crippen LogP) is 15.0. The average Bonchev–Trinajstić information content (AvgIpc) is 3.38. The van der Waals surface area contributed by atoms with Crippen molar-refractivity contribution in [2.75, 3.05) is 13.2 Å². The van der Waals surface area contributed by atoms with Gasteiger partial charge in [-0.05, 0) is 131 Å². The van der Waals surface area contributed by atoms with Crippen molar-refractivity contribution in [3.8, 4) is 23.0 Å². The van der Waals surface area contributed by atoms with E-state index in [9.17, 15) is 0 Å². The third-order valence-electron chi connectivity index (χ3n) is 13.4. The van der Waals surface area contributed by atoms with E-state index in [1.54, 1.807) is 24.3 Å². The molecule has 0 N–H and O–H groups in total. The van der Waals surface area contributed by atoms with Crippen LogP contribution >= 0.6 is 0 Å². The molecule has 10 aromatic carbocycles. The van der Waals surface area contributed by atoms with Gasteiger partial charge >= 0.3 is 0 Å². The fourth-order valence-electron chi connectivity index (χ4n) is 10.1. The van der Waals surface area contributed by atoms with Crippen molar-refractivity contribution in [1.82, 2.24) is 0 Å². The molecule has 0 aliphatic carbocycles. The van der Waals surface area contributed by atoms with E-state index >= 15 is 19.2 Å². The van der Waals surface area contributed by atoms with Gasteiger partial charge < -0.3 is 14.2 Å². The lowest BCUT2D eigenvalue weighted by atomic mass is 9.85. The van der Waals surface area contributed by atoms with E-state index < -0.39 is 23.1 Å². The van der Waals surface area contributed by atoms with E-state index in [0.29, 0.717) is 66.1 Å². The van der Waals surface area contributed by atoms with Crippen LogP contribution in [0.25, 0.3) is 43.1 Å². The lowest BCUT2D eigenvalue weighted by molar-refractivity contribution is 0.0996. The number of fused-ring (bicyclic) bond motifs is 4. The number of hydrogen-bond acceptors (Lipinski definition) is 7. The Labute approximate surface area is 412 Å². The molecule has 0 radical (unpaired) electrons. The minimum Gasteiger partial charge on any atom is -0.493 e. The van der Waals surface area contributed by atoms with Crippen molar-refractivity contribution in [1.29, 1.82) is 0 Å². The van der Waals surface area contributed by atoms with Gasteiger partial charge in [-0.25, -0.2) is 0 Å². The molecule has 7 heteroatoms. The Morgan fingerprint density at radius 2 is 0.535 bits per heavy atom. The fraction of sp³-hybridized carbons (Fsp3) is 0.125. The first-order valence-electron chi connectivity index (χ1n) is 23.9. The number of rotatable bonds is 14. The summed E-state index contributed by atoms with van der Waals surface area (Å²) in [5.74, 6) is -1.49. The van der Waals surface area contributed by atoms with Crippen LogP contribution in [0, 0.1) is 27.7 Å². The molecular formula is C64H50O7. The fourth-order valence-corrected chi connectivity index (χ4v) is 10.1. The van der Waals surface area contributed by atoms with Gasteiger partial charge in [-0.3, -0.25) is 19.2 Å². The SMILES string of the molecule is CCOc1ccc(Oc2ccc(OCC)c(C(=O)c3c(C)ccc4ccccc34)c2C(=O)c2c(C)ccc3ccccc23)c(C(=O)c2c(C)ccc3ccccc23)c1C(=O)c1c(C)ccc2ccccc12. The van der Waals surface area contributed by atoms with Crippen molar-refractivity contribution >= 4 is 66.2 Å². The molecule has 0 spiro atoms. The molecule has 7 nitrogen and oxygen atoms in total. The predicted molar refractivity (Wildman–Crippen MR) is 284 cm³/mol. The Bertz CT molecular complexity index is 3590. The highest BCUT2D eigenvalue weighted by Crippen LogP contribution is 2.44. The maximum absolute atomic E-state index is 16.0. The molecule has 0 atom stereocenters. The summed E-state index contributed by atoms with van der Waals surface area (Å²) in [5, 5.41) is 6.16. The molecule has 0 unspecified atom stereocenters. The van der Waals surface area contributed by atoms with Gasteiger partial charge in [0.05, 0.1) is 35.5 Å². The van der Waals surface area contributed by atoms with E-state index in [-0.39, 0.29) is 58.5 Å². The average molecular weight is 931 g/mol. The zero-order valence-electron chi connectivity index (χ0n) is 40.4. The van der Waals surface area contributed by atoms with Gasteiger partial charge in [0.25, 0.3) is 0 Å². The molecule has 0 amide bonds. The first-order valence-corrected chi connectivity index (χ1v) is 23.9. The Kier molecular flexibility index (Phi) is 12.3. The lowest BCUT2D eigenvalue weighted by Crippen LogP contribution is -2.18. The van der Waals surface area contributed by atoms with Crippen LogP contribution in [0.5, 0.6) is 23.0 Å². The van der Waals surface area contributed by atoms with E-state index in [0.717, 1.165) is 21.5 Å². The molecular weight excluding hydrogens is 881 g/mol. The molecule has 10 rings (SSSR count). The lowest BCUT2D eigenvalue weighted by Gasteiger charge is -2.23. The van der Waals surface area contributed by atoms with Gasteiger partial charge in [0.2, 0.25) is 0 Å². The van der Waals surface area contributed by atoms with Gasteiger partial charge in [0.1, 0.15) is 23.0 Å². The van der Waals surface area contributed by atoms with Gasteiger partial charge in [0, 0.05) is 22.3 Å². The van der Waals surface area contributed by atoms with Crippen LogP contribution in [0.15, 0.2) is 170 Å². The van der Waals surface area contributed by atoms with E-state index in [1.807, 2.05) is 187 Å². The maximum atomic E-state index is 16.0. The third-order valence-corrected chi connectivity index (χ3v) is 13.4. The highest BCUT2D eigenvalue weighted by Gasteiger charge is 2.35. The second kappa shape index (κ2) is 19.0. The van der Waals surface area contributed by atoms with Gasteiger partial charge in [0.15, 0.2) is 23.1 Å². The second-order valence-corrected chi connectivity index (χ2v) is 17.8. The Morgan fingerprint density at radius 1 is 0.296 bits per heavy atom. The number of ketones is 4. The first kappa shape index (κ1) is 46.1. The summed E-state index contributed by atoms with van der Waals surface area (Å²) in [6, 6.07) is 52.4. The molecule has 0 saturated heterocycles. The first-order chi connectivity index (χ1) is 34.5. The van der Waals surface area contributed by atoms with Crippen LogP contribution in [-0.4, -0.2) is 36.3 Å². The van der Waals surface area contributed by atoms with Gasteiger partial charge in [-0.15, -0.1) is 0 Å². The summed E-state index contributed by atoms with van der Waals surface area (Å²) in [7, 11) is 0. The Hall–Kier alpha value is -8.68. The quantitative estimate of drug-likeness (QED) is 0.100. The van der Waals surface area contributed by atoms with E-state index in [4.69, 9.17) is 14.2 Å². The van der Waals surface area contributed by atoms with Crippen LogP contribution in [0.2, 0.25) is 0 Å². The van der Waals surface area contributed by atoms with Gasteiger partial charge in [-0.1, -0.05) is 146 Å². The van der Waals surface area contributed by atoms with Crippen LogP contribution in [0.3, 0.4) is 0 Å². The monoisotopic (exact) mass is 930 g/mol. The van der Waals surface area contributed by atoms with Gasteiger partial charge in [-0.2, -0.15) is 0 Å². The normalized spacial score (nSPS) is 11.3. The van der Waals surface area contributed by atoms with Crippen molar-refractivity contribution < 1.29 is 33.4 Å². The van der Waals surface area contributed by atoms with Crippen LogP contribution in [0.4, 0.5) is 0 Å². The largest absolute Gasteiger partial charge is 0.493 e. The highest BCUT2D eigenvalue weighted by atomic mass is 16.5. The number of hydrogen-bond donors (Lipinski definition) is 0. The van der Waals surface area contributed by atoms with Crippen LogP contribution < -0.4 is 14.2 Å². The topological polar surface area (TPSA) is 96.0 Å². The highest BCUT2D eigenvalue weighted by molar-refractivity contribution is 6.29. The molecule has 71 heavy (non-hydrogen) atoms. The zero-order valence-corrected chi connectivity index (χ0v) is 40.4. The second-order valence-electron chi connectivity index (χ2n) is 17.8. The van der Waals surface area contributed by atoms with Crippen LogP contribution in [-0.2, 0) is 0 Å². The minimum absolute atomic E-state index is 0.00697. The molecule has 0 aliphatic heterocycles. The molecule has 0 aliphatic rings. The molecule has 348 valence electrons. The number of ether oxygens (including phenoxy) is 3. The molecule has 0 heterocycles. The molecule has 0 fully saturated rings. The maximum Gasteiger partial charge on any atom is 0.198 e.